The van der Waals surface area contributed by atoms with Gasteiger partial charge in [-0.2, -0.15) is 0 Å². The Labute approximate surface area is 166 Å². The average molecular weight is 389 g/mol. The lowest BCUT2D eigenvalue weighted by atomic mass is 9.86. The second kappa shape index (κ2) is 9.68. The fourth-order valence-corrected chi connectivity index (χ4v) is 3.62. The van der Waals surface area contributed by atoms with Gasteiger partial charge in [-0.25, -0.2) is 0 Å². The Morgan fingerprint density at radius 3 is 2.36 bits per heavy atom. The monoisotopic (exact) mass is 389 g/mol. The summed E-state index contributed by atoms with van der Waals surface area (Å²) in [6.07, 6.45) is 2.20. The van der Waals surface area contributed by atoms with Crippen molar-refractivity contribution in [2.24, 2.45) is 0 Å². The summed E-state index contributed by atoms with van der Waals surface area (Å²) in [7, 11) is 0. The normalized spacial score (nSPS) is 21.3. The number of carbonyl (C=O) groups is 3. The number of Topliss-reactive ketones (excluding diaryl/α,β-unsaturated/α-hetero) is 1. The number of carbonyl (C=O) groups excluding carboxylic acids is 3. The van der Waals surface area contributed by atoms with Gasteiger partial charge in [0.2, 0.25) is 11.8 Å². The number of nitrogens with zero attached hydrogens (tertiary/aromatic N) is 1. The molecule has 2 amide bonds. The van der Waals surface area contributed by atoms with Gasteiger partial charge in [-0.1, -0.05) is 13.8 Å². The largest absolute Gasteiger partial charge is 0.389 e. The molecule has 0 saturated carbocycles. The van der Waals surface area contributed by atoms with Crippen molar-refractivity contribution in [2.45, 2.75) is 64.5 Å². The first-order chi connectivity index (χ1) is 13.3. The topological polar surface area (TPSA) is 98.7 Å². The van der Waals surface area contributed by atoms with E-state index in [1.165, 1.54) is 6.92 Å². The Morgan fingerprint density at radius 2 is 1.82 bits per heavy atom. The van der Waals surface area contributed by atoms with Crippen LogP contribution < -0.4 is 15.5 Å². The van der Waals surface area contributed by atoms with Gasteiger partial charge < -0.3 is 15.3 Å². The van der Waals surface area contributed by atoms with E-state index in [-0.39, 0.29) is 24.0 Å². The molecule has 1 unspecified atom stereocenters. The number of ketones is 1. The summed E-state index contributed by atoms with van der Waals surface area (Å²) in [6, 6.07) is 7.38. The molecule has 2 heterocycles. The quantitative estimate of drug-likeness (QED) is 0.668. The van der Waals surface area contributed by atoms with Gasteiger partial charge in [0.05, 0.1) is 5.60 Å². The molecule has 2 aliphatic rings. The van der Waals surface area contributed by atoms with Crippen LogP contribution in [0.5, 0.6) is 0 Å². The van der Waals surface area contributed by atoms with Crippen LogP contribution in [0.25, 0.3) is 0 Å². The molecule has 1 aromatic rings. The number of imide groups is 1. The van der Waals surface area contributed by atoms with Crippen LogP contribution in [0.2, 0.25) is 0 Å². The lowest BCUT2D eigenvalue weighted by Crippen LogP contribution is -2.47. The third-order valence-corrected chi connectivity index (χ3v) is 5.08. The van der Waals surface area contributed by atoms with E-state index in [2.05, 4.69) is 15.5 Å². The number of rotatable bonds is 5. The highest BCUT2D eigenvalue weighted by atomic mass is 16.3. The fourth-order valence-electron chi connectivity index (χ4n) is 3.62. The number of aliphatic hydroxyl groups is 1. The van der Waals surface area contributed by atoms with Crippen LogP contribution in [0.4, 0.5) is 11.4 Å². The van der Waals surface area contributed by atoms with E-state index in [4.69, 9.17) is 0 Å². The number of anilines is 2. The Bertz CT molecular complexity index is 694. The SMILES string of the molecule is CC.CC(=O)CC1(O)CCN(c2ccc(NC3CCC(=O)NC3=O)cc2)CC1. The summed E-state index contributed by atoms with van der Waals surface area (Å²) >= 11 is 0. The van der Waals surface area contributed by atoms with Gasteiger partial charge in [0.15, 0.2) is 0 Å². The maximum Gasteiger partial charge on any atom is 0.249 e. The summed E-state index contributed by atoms with van der Waals surface area (Å²) < 4.78 is 0. The third kappa shape index (κ3) is 5.79. The summed E-state index contributed by atoms with van der Waals surface area (Å²) in [5, 5.41) is 16.0. The van der Waals surface area contributed by atoms with Crippen molar-refractivity contribution in [1.29, 1.82) is 0 Å². The molecule has 7 heteroatoms. The van der Waals surface area contributed by atoms with E-state index in [0.717, 1.165) is 11.4 Å². The van der Waals surface area contributed by atoms with E-state index in [9.17, 15) is 19.5 Å². The van der Waals surface area contributed by atoms with Crippen molar-refractivity contribution in [3.05, 3.63) is 24.3 Å². The third-order valence-electron chi connectivity index (χ3n) is 5.08. The van der Waals surface area contributed by atoms with E-state index >= 15 is 0 Å². The van der Waals surface area contributed by atoms with Crippen LogP contribution in [0.1, 0.15) is 52.9 Å². The number of hydrogen-bond donors (Lipinski definition) is 3. The van der Waals surface area contributed by atoms with Crippen molar-refractivity contribution in [3.8, 4) is 0 Å². The van der Waals surface area contributed by atoms with Gasteiger partial charge in [-0.05, 0) is 50.5 Å². The first-order valence-corrected chi connectivity index (χ1v) is 10.0. The Balaban J connectivity index is 0.00000136. The van der Waals surface area contributed by atoms with Crippen LogP contribution >= 0.6 is 0 Å². The molecule has 0 radical (unpaired) electrons. The molecule has 0 spiro atoms. The fraction of sp³-hybridized carbons (Fsp3) is 0.571. The predicted octanol–water partition coefficient (Wildman–Crippen LogP) is 2.24. The minimum Gasteiger partial charge on any atom is -0.389 e. The molecule has 1 aromatic carbocycles. The molecule has 28 heavy (non-hydrogen) atoms. The Kier molecular flexibility index (Phi) is 7.57. The van der Waals surface area contributed by atoms with Crippen LogP contribution in [0.15, 0.2) is 24.3 Å². The summed E-state index contributed by atoms with van der Waals surface area (Å²) in [6.45, 7) is 6.91. The predicted molar refractivity (Wildman–Crippen MR) is 109 cm³/mol. The smallest absolute Gasteiger partial charge is 0.249 e. The van der Waals surface area contributed by atoms with Gasteiger partial charge in [-0.3, -0.25) is 19.7 Å². The average Bonchev–Trinajstić information content (AvgIpc) is 2.66. The minimum absolute atomic E-state index is 0.0184. The molecular formula is C21H31N3O4. The number of hydrogen-bond acceptors (Lipinski definition) is 6. The number of nitrogens with one attached hydrogen (secondary N) is 2. The van der Waals surface area contributed by atoms with Crippen molar-refractivity contribution in [3.63, 3.8) is 0 Å². The Morgan fingerprint density at radius 1 is 1.21 bits per heavy atom. The molecule has 2 saturated heterocycles. The number of piperidine rings is 2. The van der Waals surface area contributed by atoms with Crippen LogP contribution in [0, 0.1) is 0 Å². The van der Waals surface area contributed by atoms with Crippen molar-refractivity contribution < 1.29 is 19.5 Å². The standard InChI is InChI=1S/C19H25N3O4.C2H6/c1-13(23)12-19(26)8-10-22(11-9-19)15-4-2-14(3-5-15)20-16-6-7-17(24)21-18(16)25;1-2/h2-5,16,20,26H,6-12H2,1H3,(H,21,24,25);1-2H3. The van der Waals surface area contributed by atoms with Gasteiger partial charge in [0.1, 0.15) is 11.8 Å². The van der Waals surface area contributed by atoms with E-state index in [0.29, 0.717) is 38.8 Å². The lowest BCUT2D eigenvalue weighted by Gasteiger charge is -2.39. The molecule has 2 aliphatic heterocycles. The summed E-state index contributed by atoms with van der Waals surface area (Å²) in [4.78, 5) is 36.5. The zero-order valence-corrected chi connectivity index (χ0v) is 17.0. The molecule has 1 atom stereocenters. The molecule has 154 valence electrons. The number of benzene rings is 1. The highest BCUT2D eigenvalue weighted by molar-refractivity contribution is 6.01. The van der Waals surface area contributed by atoms with E-state index in [1.54, 1.807) is 0 Å². The maximum atomic E-state index is 11.8. The highest BCUT2D eigenvalue weighted by Crippen LogP contribution is 2.29. The van der Waals surface area contributed by atoms with Crippen LogP contribution in [-0.2, 0) is 14.4 Å². The second-order valence-corrected chi connectivity index (χ2v) is 7.29. The van der Waals surface area contributed by atoms with Gasteiger partial charge >= 0.3 is 0 Å². The minimum atomic E-state index is -0.879. The maximum absolute atomic E-state index is 11.8. The molecule has 7 nitrogen and oxygen atoms in total. The van der Waals surface area contributed by atoms with Crippen molar-refractivity contribution >= 4 is 29.0 Å². The molecular weight excluding hydrogens is 358 g/mol. The first kappa shape index (κ1) is 21.9. The molecule has 3 rings (SSSR count). The van der Waals surface area contributed by atoms with Crippen molar-refractivity contribution in [2.75, 3.05) is 23.3 Å². The number of amides is 2. The summed E-state index contributed by atoms with van der Waals surface area (Å²) in [5.41, 5.74) is 0.993. The summed E-state index contributed by atoms with van der Waals surface area (Å²) in [5.74, 6) is -0.492. The van der Waals surface area contributed by atoms with Gasteiger partial charge in [0, 0.05) is 37.3 Å². The van der Waals surface area contributed by atoms with E-state index < -0.39 is 11.6 Å². The lowest BCUT2D eigenvalue weighted by molar-refractivity contribution is -0.133. The van der Waals surface area contributed by atoms with Crippen molar-refractivity contribution in [1.82, 2.24) is 5.32 Å². The Hall–Kier alpha value is -2.41. The van der Waals surface area contributed by atoms with Gasteiger partial charge in [0.25, 0.3) is 0 Å². The molecule has 3 N–H and O–H groups in total. The molecule has 0 aromatic heterocycles. The first-order valence-electron chi connectivity index (χ1n) is 10.0. The molecule has 0 aliphatic carbocycles. The molecule has 0 bridgehead atoms. The van der Waals surface area contributed by atoms with Crippen LogP contribution in [0.3, 0.4) is 0 Å². The second-order valence-electron chi connectivity index (χ2n) is 7.29. The highest BCUT2D eigenvalue weighted by Gasteiger charge is 2.33. The zero-order valence-electron chi connectivity index (χ0n) is 17.0. The zero-order chi connectivity index (χ0) is 20.7. The van der Waals surface area contributed by atoms with Crippen LogP contribution in [-0.4, -0.2) is 47.4 Å². The van der Waals surface area contributed by atoms with Gasteiger partial charge in [-0.15, -0.1) is 0 Å². The molecule has 2 fully saturated rings. The van der Waals surface area contributed by atoms with E-state index in [1.807, 2.05) is 38.1 Å².